The summed E-state index contributed by atoms with van der Waals surface area (Å²) in [6, 6.07) is 5.05. The van der Waals surface area contributed by atoms with E-state index in [9.17, 15) is 4.21 Å². The highest BCUT2D eigenvalue weighted by Crippen LogP contribution is 2.23. The highest BCUT2D eigenvalue weighted by Gasteiger charge is 2.20. The fraction of sp³-hybridized carbons (Fsp3) is 0.455. The van der Waals surface area contributed by atoms with Crippen LogP contribution in [-0.4, -0.2) is 22.7 Å². The monoisotopic (exact) mass is 259 g/mol. The molecular formula is C11H14ClNO2S. The third-order valence-electron chi connectivity index (χ3n) is 2.58. The van der Waals surface area contributed by atoms with Crippen LogP contribution in [0.1, 0.15) is 12.8 Å². The number of nitrogens with two attached hydrogens (primary N) is 1. The topological polar surface area (TPSA) is 52.3 Å². The van der Waals surface area contributed by atoms with E-state index in [0.29, 0.717) is 21.4 Å². The summed E-state index contributed by atoms with van der Waals surface area (Å²) in [6.45, 7) is 0.771. The molecule has 0 spiro atoms. The molecule has 2 unspecified atom stereocenters. The minimum atomic E-state index is -1.13. The van der Waals surface area contributed by atoms with E-state index < -0.39 is 10.8 Å². The Morgan fingerprint density at radius 2 is 2.38 bits per heavy atom. The second kappa shape index (κ2) is 5.17. The molecule has 88 valence electrons. The lowest BCUT2D eigenvalue weighted by Crippen LogP contribution is -2.16. The van der Waals surface area contributed by atoms with Gasteiger partial charge in [0.15, 0.2) is 0 Å². The third-order valence-corrected chi connectivity index (χ3v) is 4.34. The average molecular weight is 260 g/mol. The van der Waals surface area contributed by atoms with Crippen molar-refractivity contribution < 1.29 is 8.95 Å². The lowest BCUT2D eigenvalue weighted by atomic mass is 10.3. The van der Waals surface area contributed by atoms with Crippen molar-refractivity contribution in [3.63, 3.8) is 0 Å². The Balaban J connectivity index is 2.10. The van der Waals surface area contributed by atoms with Crippen LogP contribution in [0, 0.1) is 0 Å². The summed E-state index contributed by atoms with van der Waals surface area (Å²) < 4.78 is 17.5. The Hall–Kier alpha value is -0.580. The van der Waals surface area contributed by atoms with Gasteiger partial charge in [-0.1, -0.05) is 11.6 Å². The average Bonchev–Trinajstić information content (AvgIpc) is 2.74. The number of hydrogen-bond donors (Lipinski definition) is 1. The molecule has 1 aromatic carbocycles. The van der Waals surface area contributed by atoms with Gasteiger partial charge in [0.1, 0.15) is 0 Å². The molecule has 0 aromatic heterocycles. The molecule has 1 aliphatic rings. The number of rotatable bonds is 3. The van der Waals surface area contributed by atoms with Gasteiger partial charge in [-0.3, -0.25) is 4.21 Å². The fourth-order valence-corrected chi connectivity index (χ4v) is 3.35. The molecule has 0 amide bonds. The zero-order valence-corrected chi connectivity index (χ0v) is 10.4. The van der Waals surface area contributed by atoms with Crippen molar-refractivity contribution in [3.8, 4) is 0 Å². The molecule has 2 rings (SSSR count). The minimum Gasteiger partial charge on any atom is -0.398 e. The van der Waals surface area contributed by atoms with Gasteiger partial charge < -0.3 is 10.5 Å². The Kier molecular flexibility index (Phi) is 3.84. The summed E-state index contributed by atoms with van der Waals surface area (Å²) in [7, 11) is -1.13. The number of halogens is 1. The lowest BCUT2D eigenvalue weighted by molar-refractivity contribution is 0.128. The summed E-state index contributed by atoms with van der Waals surface area (Å²) in [6.07, 6.45) is 2.12. The maximum Gasteiger partial charge on any atom is 0.0694 e. The van der Waals surface area contributed by atoms with Crippen LogP contribution in [0.4, 0.5) is 5.69 Å². The van der Waals surface area contributed by atoms with Crippen LogP contribution in [0.5, 0.6) is 0 Å². The molecule has 0 aliphatic carbocycles. The van der Waals surface area contributed by atoms with Crippen LogP contribution in [0.2, 0.25) is 5.02 Å². The molecule has 1 aliphatic heterocycles. The molecule has 2 atom stereocenters. The summed E-state index contributed by atoms with van der Waals surface area (Å²) in [5, 5.41) is 0.560. The number of ether oxygens (including phenoxy) is 1. The smallest absolute Gasteiger partial charge is 0.0694 e. The second-order valence-electron chi connectivity index (χ2n) is 3.83. The number of hydrogen-bond acceptors (Lipinski definition) is 3. The van der Waals surface area contributed by atoms with Crippen LogP contribution >= 0.6 is 11.6 Å². The standard InChI is InChI=1S/C11H14ClNO2S/c12-8-3-4-10(13)11(6-8)16(14)7-9-2-1-5-15-9/h3-4,6,9H,1-2,5,7,13H2. The molecule has 0 saturated carbocycles. The number of anilines is 1. The Morgan fingerprint density at radius 3 is 3.06 bits per heavy atom. The van der Waals surface area contributed by atoms with Crippen molar-refractivity contribution in [3.05, 3.63) is 23.2 Å². The predicted octanol–water partition coefficient (Wildman–Crippen LogP) is 2.21. The summed E-state index contributed by atoms with van der Waals surface area (Å²) in [5.74, 6) is 0.505. The zero-order valence-electron chi connectivity index (χ0n) is 8.82. The Labute approximate surface area is 102 Å². The van der Waals surface area contributed by atoms with Gasteiger partial charge in [0.25, 0.3) is 0 Å². The molecule has 1 fully saturated rings. The van der Waals surface area contributed by atoms with Gasteiger partial charge >= 0.3 is 0 Å². The van der Waals surface area contributed by atoms with Gasteiger partial charge in [-0.2, -0.15) is 0 Å². The summed E-state index contributed by atoms with van der Waals surface area (Å²) in [5.41, 5.74) is 6.30. The second-order valence-corrected chi connectivity index (χ2v) is 5.73. The third kappa shape index (κ3) is 2.75. The molecule has 1 aromatic rings. The van der Waals surface area contributed by atoms with Crippen LogP contribution in [0.15, 0.2) is 23.1 Å². The minimum absolute atomic E-state index is 0.0965. The van der Waals surface area contributed by atoms with E-state index in [2.05, 4.69) is 0 Å². The van der Waals surface area contributed by atoms with Gasteiger partial charge in [-0.05, 0) is 31.0 Å². The van der Waals surface area contributed by atoms with E-state index in [0.717, 1.165) is 19.4 Å². The Bertz CT molecular complexity index is 405. The van der Waals surface area contributed by atoms with Crippen molar-refractivity contribution in [1.82, 2.24) is 0 Å². The number of nitrogen functional groups attached to an aromatic ring is 1. The maximum atomic E-state index is 12.1. The molecule has 3 nitrogen and oxygen atoms in total. The van der Waals surface area contributed by atoms with Crippen molar-refractivity contribution in [2.75, 3.05) is 18.1 Å². The number of benzene rings is 1. The van der Waals surface area contributed by atoms with Crippen molar-refractivity contribution in [2.45, 2.75) is 23.8 Å². The molecule has 16 heavy (non-hydrogen) atoms. The lowest BCUT2D eigenvalue weighted by Gasteiger charge is -2.10. The predicted molar refractivity (Wildman–Crippen MR) is 66.1 cm³/mol. The van der Waals surface area contributed by atoms with Crippen molar-refractivity contribution in [2.24, 2.45) is 0 Å². The normalized spacial score (nSPS) is 22.2. The molecule has 1 saturated heterocycles. The van der Waals surface area contributed by atoms with E-state index >= 15 is 0 Å². The first kappa shape index (κ1) is 11.9. The first-order valence-corrected chi connectivity index (χ1v) is 6.91. The highest BCUT2D eigenvalue weighted by molar-refractivity contribution is 7.85. The van der Waals surface area contributed by atoms with E-state index in [1.807, 2.05) is 0 Å². The fourth-order valence-electron chi connectivity index (χ4n) is 1.74. The summed E-state index contributed by atoms with van der Waals surface area (Å²) >= 11 is 5.86. The molecule has 5 heteroatoms. The van der Waals surface area contributed by atoms with E-state index in [4.69, 9.17) is 22.1 Å². The summed E-state index contributed by atoms with van der Waals surface area (Å²) in [4.78, 5) is 0.614. The molecular weight excluding hydrogens is 246 g/mol. The maximum absolute atomic E-state index is 12.1. The van der Waals surface area contributed by atoms with Gasteiger partial charge in [0, 0.05) is 17.3 Å². The van der Waals surface area contributed by atoms with Gasteiger partial charge in [0.05, 0.1) is 27.6 Å². The van der Waals surface area contributed by atoms with Gasteiger partial charge in [-0.15, -0.1) is 0 Å². The Morgan fingerprint density at radius 1 is 1.56 bits per heavy atom. The van der Waals surface area contributed by atoms with E-state index in [1.54, 1.807) is 18.2 Å². The first-order valence-electron chi connectivity index (χ1n) is 5.22. The van der Waals surface area contributed by atoms with Crippen LogP contribution < -0.4 is 5.73 Å². The van der Waals surface area contributed by atoms with Crippen LogP contribution in [0.3, 0.4) is 0 Å². The van der Waals surface area contributed by atoms with E-state index in [1.165, 1.54) is 0 Å². The van der Waals surface area contributed by atoms with Gasteiger partial charge in [-0.25, -0.2) is 0 Å². The SMILES string of the molecule is Nc1ccc(Cl)cc1S(=O)CC1CCCO1. The van der Waals surface area contributed by atoms with Crippen molar-refractivity contribution >= 4 is 28.1 Å². The molecule has 1 heterocycles. The highest BCUT2D eigenvalue weighted by atomic mass is 35.5. The first-order chi connectivity index (χ1) is 7.66. The quantitative estimate of drug-likeness (QED) is 0.847. The zero-order chi connectivity index (χ0) is 11.5. The van der Waals surface area contributed by atoms with Crippen molar-refractivity contribution in [1.29, 1.82) is 0 Å². The van der Waals surface area contributed by atoms with Gasteiger partial charge in [0.2, 0.25) is 0 Å². The van der Waals surface area contributed by atoms with Crippen LogP contribution in [-0.2, 0) is 15.5 Å². The molecule has 0 radical (unpaired) electrons. The van der Waals surface area contributed by atoms with Crippen LogP contribution in [0.25, 0.3) is 0 Å². The molecule has 2 N–H and O–H groups in total. The molecule has 0 bridgehead atoms. The van der Waals surface area contributed by atoms with E-state index in [-0.39, 0.29) is 6.10 Å². The largest absolute Gasteiger partial charge is 0.398 e.